The Hall–Kier alpha value is -3.77. The molecule has 1 amide bonds. The summed E-state index contributed by atoms with van der Waals surface area (Å²) in [5.74, 6) is -2.54. The summed E-state index contributed by atoms with van der Waals surface area (Å²) in [6.45, 7) is 0. The van der Waals surface area contributed by atoms with Gasteiger partial charge in [-0.25, -0.2) is 0 Å². The normalized spacial score (nSPS) is 10.8. The summed E-state index contributed by atoms with van der Waals surface area (Å²) in [5.41, 5.74) is -5.45. The molecule has 0 aliphatic heterocycles. The number of nitro groups is 3. The van der Waals surface area contributed by atoms with Gasteiger partial charge in [0.25, 0.3) is 11.6 Å². The molecule has 0 unspecified atom stereocenters. The summed E-state index contributed by atoms with van der Waals surface area (Å²) >= 11 is 0. The fourth-order valence-corrected chi connectivity index (χ4v) is 2.23. The molecule has 2 aromatic rings. The molecule has 2 rings (SSSR count). The molecule has 0 aromatic heterocycles. The maximum atomic E-state index is 13.2. The van der Waals surface area contributed by atoms with Gasteiger partial charge in [0.05, 0.1) is 32.5 Å². The maximum absolute atomic E-state index is 13.2. The van der Waals surface area contributed by atoms with Crippen LogP contribution in [0, 0.1) is 30.3 Å². The number of hydrogen-bond donors (Lipinski definition) is 1. The van der Waals surface area contributed by atoms with Crippen molar-refractivity contribution in [3.8, 4) is 5.75 Å². The minimum absolute atomic E-state index is 0. The Bertz CT molecular complexity index is 1050. The first kappa shape index (κ1) is 26.3. The molecule has 0 bridgehead atoms. The molecule has 0 aliphatic rings. The molecule has 12 nitrogen and oxygen atoms in total. The van der Waals surface area contributed by atoms with Crippen molar-refractivity contribution in [1.29, 1.82) is 0 Å². The first-order valence-electron chi connectivity index (χ1n) is 7.71. The van der Waals surface area contributed by atoms with Crippen molar-refractivity contribution in [2.24, 2.45) is 0 Å². The third-order valence-electron chi connectivity index (χ3n) is 3.56. The van der Waals surface area contributed by atoms with Crippen LogP contribution in [0.15, 0.2) is 36.4 Å². The van der Waals surface area contributed by atoms with E-state index >= 15 is 0 Å². The van der Waals surface area contributed by atoms with E-state index in [1.807, 2.05) is 0 Å². The van der Waals surface area contributed by atoms with Crippen molar-refractivity contribution in [1.82, 2.24) is 0 Å². The van der Waals surface area contributed by atoms with Crippen LogP contribution < -0.4 is 10.1 Å². The van der Waals surface area contributed by atoms with E-state index in [1.165, 1.54) is 0 Å². The van der Waals surface area contributed by atoms with E-state index in [-0.39, 0.29) is 18.9 Å². The number of benzene rings is 2. The molecule has 0 fully saturated rings. The standard InChI is InChI=1S/C15H8F4N4O8.Li.H/c16-14(17)15(18,19)31-11-4-2-1-3-8(11)13(24)20-12-9(22(27)28)5-7(21(25)26)6-10(12)23(29)30;;/h1-6,14H,(H,20,24);;. The van der Waals surface area contributed by atoms with Crippen molar-refractivity contribution in [2.45, 2.75) is 12.5 Å². The number of nitro benzene ring substituents is 3. The molecule has 2 aromatic carbocycles. The van der Waals surface area contributed by atoms with E-state index in [2.05, 4.69) is 4.74 Å². The van der Waals surface area contributed by atoms with Crippen LogP contribution in [0.1, 0.15) is 10.4 Å². The van der Waals surface area contributed by atoms with Crippen LogP contribution in [-0.2, 0) is 0 Å². The van der Waals surface area contributed by atoms with E-state index < -0.39 is 67.3 Å². The number of amides is 1. The SMILES string of the molecule is O=C(Nc1c([N+](=O)[O-])cc([N+](=O)[O-])cc1[N+](=O)[O-])c1ccccc1OC(F)(F)C(F)F.[LiH]. The molecule has 0 aliphatic carbocycles. The summed E-state index contributed by atoms with van der Waals surface area (Å²) in [6.07, 6.45) is -9.26. The third-order valence-corrected chi connectivity index (χ3v) is 3.56. The number of hydrogen-bond acceptors (Lipinski definition) is 8. The Kier molecular flexibility index (Phi) is 8.23. The zero-order valence-corrected chi connectivity index (χ0v) is 14.7. The van der Waals surface area contributed by atoms with Gasteiger partial charge in [-0.15, -0.1) is 0 Å². The van der Waals surface area contributed by atoms with Crippen LogP contribution in [0.3, 0.4) is 0 Å². The van der Waals surface area contributed by atoms with E-state index in [0.29, 0.717) is 18.2 Å². The molecule has 1 N–H and O–H groups in total. The van der Waals surface area contributed by atoms with Gasteiger partial charge in [-0.05, 0) is 12.1 Å². The summed E-state index contributed by atoms with van der Waals surface area (Å²) < 4.78 is 55.1. The molecule has 0 heterocycles. The number of nitrogens with one attached hydrogen (secondary N) is 1. The van der Waals surface area contributed by atoms with Crippen molar-refractivity contribution in [2.75, 3.05) is 5.32 Å². The number of para-hydroxylation sites is 1. The van der Waals surface area contributed by atoms with Crippen molar-refractivity contribution >= 4 is 47.5 Å². The van der Waals surface area contributed by atoms with Gasteiger partial charge in [-0.1, -0.05) is 12.1 Å². The predicted molar refractivity (Wildman–Crippen MR) is 99.5 cm³/mol. The van der Waals surface area contributed by atoms with Gasteiger partial charge in [0, 0.05) is 0 Å². The zero-order valence-electron chi connectivity index (χ0n) is 14.7. The number of rotatable bonds is 8. The van der Waals surface area contributed by atoms with Gasteiger partial charge >= 0.3 is 42.8 Å². The number of halogens is 4. The number of carbonyl (C=O) groups excluding carboxylic acids is 1. The van der Waals surface area contributed by atoms with Crippen LogP contribution in [0.2, 0.25) is 0 Å². The van der Waals surface area contributed by atoms with Crippen LogP contribution in [0.25, 0.3) is 0 Å². The first-order chi connectivity index (χ1) is 14.3. The van der Waals surface area contributed by atoms with Gasteiger partial charge in [0.1, 0.15) is 5.75 Å². The second-order valence-electron chi connectivity index (χ2n) is 5.55. The van der Waals surface area contributed by atoms with Crippen molar-refractivity contribution in [3.63, 3.8) is 0 Å². The second-order valence-corrected chi connectivity index (χ2v) is 5.55. The Balaban J connectivity index is 0.00000512. The summed E-state index contributed by atoms with van der Waals surface area (Å²) in [6, 6.07) is 4.33. The molecule has 0 saturated carbocycles. The summed E-state index contributed by atoms with van der Waals surface area (Å²) in [4.78, 5) is 42.1. The Morgan fingerprint density at radius 1 is 0.969 bits per heavy atom. The monoisotopic (exact) mass is 456 g/mol. The number of anilines is 1. The summed E-state index contributed by atoms with van der Waals surface area (Å²) in [5, 5.41) is 35.0. The molecular formula is C15H9F4LiN4O8. The fourth-order valence-electron chi connectivity index (χ4n) is 2.23. The van der Waals surface area contributed by atoms with Gasteiger partial charge in [0.15, 0.2) is 5.69 Å². The number of carbonyl (C=O) groups is 1. The van der Waals surface area contributed by atoms with E-state index in [9.17, 15) is 52.7 Å². The Labute approximate surface area is 185 Å². The van der Waals surface area contributed by atoms with Crippen LogP contribution >= 0.6 is 0 Å². The molecular weight excluding hydrogens is 447 g/mol. The average Bonchev–Trinajstić information content (AvgIpc) is 2.67. The minimum atomic E-state index is -5.00. The molecule has 0 saturated heterocycles. The summed E-state index contributed by atoms with van der Waals surface area (Å²) in [7, 11) is 0. The molecule has 0 atom stereocenters. The number of non-ortho nitro benzene ring substituents is 1. The molecule has 0 spiro atoms. The first-order valence-corrected chi connectivity index (χ1v) is 7.71. The Morgan fingerprint density at radius 3 is 1.91 bits per heavy atom. The number of alkyl halides is 4. The van der Waals surface area contributed by atoms with E-state index in [4.69, 9.17) is 0 Å². The van der Waals surface area contributed by atoms with Gasteiger partial charge in [0.2, 0.25) is 0 Å². The predicted octanol–water partition coefficient (Wildman–Crippen LogP) is 3.25. The molecule has 17 heteroatoms. The molecule has 32 heavy (non-hydrogen) atoms. The van der Waals surface area contributed by atoms with Gasteiger partial charge in [-0.2, -0.15) is 17.6 Å². The molecule has 0 radical (unpaired) electrons. The van der Waals surface area contributed by atoms with Gasteiger partial charge < -0.3 is 10.1 Å². The van der Waals surface area contributed by atoms with Crippen molar-refractivity contribution in [3.05, 3.63) is 72.3 Å². The quantitative estimate of drug-likeness (QED) is 0.273. The van der Waals surface area contributed by atoms with Crippen LogP contribution in [-0.4, -0.2) is 52.1 Å². The van der Waals surface area contributed by atoms with Crippen LogP contribution in [0.5, 0.6) is 5.75 Å². The van der Waals surface area contributed by atoms with Crippen LogP contribution in [0.4, 0.5) is 40.3 Å². The van der Waals surface area contributed by atoms with E-state index in [1.54, 1.807) is 5.32 Å². The number of ether oxygens (including phenoxy) is 1. The second kappa shape index (κ2) is 10.0. The van der Waals surface area contributed by atoms with E-state index in [0.717, 1.165) is 18.2 Å². The molecule has 166 valence electrons. The van der Waals surface area contributed by atoms with Crippen molar-refractivity contribution < 1.29 is 41.9 Å². The third kappa shape index (κ3) is 5.68. The van der Waals surface area contributed by atoms with Gasteiger partial charge in [-0.3, -0.25) is 35.1 Å². The fraction of sp³-hybridized carbons (Fsp3) is 0.133. The topological polar surface area (TPSA) is 168 Å². The number of nitrogens with zero attached hydrogens (tertiary/aromatic N) is 3. The Morgan fingerprint density at radius 2 is 1.47 bits per heavy atom. The average molecular weight is 456 g/mol. The zero-order chi connectivity index (χ0) is 23.5.